The van der Waals surface area contributed by atoms with Crippen LogP contribution in [0, 0.1) is 0 Å². The van der Waals surface area contributed by atoms with Gasteiger partial charge in [0.25, 0.3) is 0 Å². The van der Waals surface area contributed by atoms with Gasteiger partial charge < -0.3 is 15.8 Å². The normalized spacial score (nSPS) is 13.7. The second kappa shape index (κ2) is 6.80. The second-order valence-corrected chi connectivity index (χ2v) is 4.53. The van der Waals surface area contributed by atoms with Gasteiger partial charge in [0.1, 0.15) is 0 Å². The van der Waals surface area contributed by atoms with E-state index in [0.29, 0.717) is 13.0 Å². The summed E-state index contributed by atoms with van der Waals surface area (Å²) in [5, 5.41) is 2.93. The van der Waals surface area contributed by atoms with Crippen molar-refractivity contribution in [2.24, 2.45) is 5.73 Å². The smallest absolute Gasteiger partial charge is 0.220 e. The zero-order chi connectivity index (χ0) is 11.9. The fraction of sp³-hybridized carbons (Fsp3) is 0.909. The van der Waals surface area contributed by atoms with E-state index >= 15 is 0 Å². The van der Waals surface area contributed by atoms with Crippen LogP contribution >= 0.6 is 0 Å². The molecule has 4 heteroatoms. The lowest BCUT2D eigenvalue weighted by Crippen LogP contribution is -2.38. The van der Waals surface area contributed by atoms with E-state index < -0.39 is 0 Å². The fourth-order valence-electron chi connectivity index (χ4n) is 1.48. The Kier molecular flexibility index (Phi) is 6.52. The number of carbonyl (C=O) groups is 1. The number of carbonyl (C=O) groups excluding carboxylic acids is 1. The van der Waals surface area contributed by atoms with Crippen molar-refractivity contribution in [3.63, 3.8) is 0 Å². The van der Waals surface area contributed by atoms with Crippen LogP contribution in [-0.4, -0.2) is 31.2 Å². The first kappa shape index (κ1) is 14.4. The van der Waals surface area contributed by atoms with Gasteiger partial charge in [-0.2, -0.15) is 0 Å². The molecule has 0 radical (unpaired) electrons. The molecule has 0 fully saturated rings. The number of amides is 1. The van der Waals surface area contributed by atoms with E-state index in [1.807, 2.05) is 20.8 Å². The van der Waals surface area contributed by atoms with Gasteiger partial charge in [0.05, 0.1) is 5.60 Å². The molecule has 1 unspecified atom stereocenters. The highest BCUT2D eigenvalue weighted by molar-refractivity contribution is 5.76. The molecule has 0 heterocycles. The van der Waals surface area contributed by atoms with Crippen LogP contribution in [0.25, 0.3) is 0 Å². The van der Waals surface area contributed by atoms with Crippen LogP contribution < -0.4 is 11.1 Å². The molecule has 3 N–H and O–H groups in total. The van der Waals surface area contributed by atoms with Crippen LogP contribution in [0.4, 0.5) is 0 Å². The van der Waals surface area contributed by atoms with Crippen LogP contribution in [-0.2, 0) is 9.53 Å². The summed E-state index contributed by atoms with van der Waals surface area (Å²) in [5.74, 6) is 0.0693. The summed E-state index contributed by atoms with van der Waals surface area (Å²) in [4.78, 5) is 11.4. The SMILES string of the molecule is COC(C)(C)CC(C)NC(=O)CCCN. The molecular formula is C11H24N2O2. The average Bonchev–Trinajstić information content (AvgIpc) is 2.13. The van der Waals surface area contributed by atoms with Crippen LogP contribution in [0.5, 0.6) is 0 Å². The zero-order valence-electron chi connectivity index (χ0n) is 10.3. The number of nitrogens with one attached hydrogen (secondary N) is 1. The van der Waals surface area contributed by atoms with Gasteiger partial charge in [-0.25, -0.2) is 0 Å². The first-order valence-corrected chi connectivity index (χ1v) is 5.46. The van der Waals surface area contributed by atoms with Crippen molar-refractivity contribution in [1.29, 1.82) is 0 Å². The Morgan fingerprint density at radius 1 is 1.53 bits per heavy atom. The molecule has 15 heavy (non-hydrogen) atoms. The van der Waals surface area contributed by atoms with Gasteiger partial charge in [-0.15, -0.1) is 0 Å². The van der Waals surface area contributed by atoms with Gasteiger partial charge in [-0.3, -0.25) is 4.79 Å². The number of ether oxygens (including phenoxy) is 1. The Bertz CT molecular complexity index is 193. The zero-order valence-corrected chi connectivity index (χ0v) is 10.3. The van der Waals surface area contributed by atoms with Gasteiger partial charge >= 0.3 is 0 Å². The van der Waals surface area contributed by atoms with Crippen LogP contribution in [0.1, 0.15) is 40.0 Å². The predicted octanol–water partition coefficient (Wildman–Crippen LogP) is 1.05. The third-order valence-electron chi connectivity index (χ3n) is 2.37. The lowest BCUT2D eigenvalue weighted by Gasteiger charge is -2.27. The molecule has 0 spiro atoms. The molecule has 0 saturated carbocycles. The Labute approximate surface area is 92.6 Å². The fourth-order valence-corrected chi connectivity index (χ4v) is 1.48. The Balaban J connectivity index is 3.82. The van der Waals surface area contributed by atoms with Crippen molar-refractivity contribution in [2.75, 3.05) is 13.7 Å². The van der Waals surface area contributed by atoms with Crippen molar-refractivity contribution < 1.29 is 9.53 Å². The summed E-state index contributed by atoms with van der Waals surface area (Å²) >= 11 is 0. The number of nitrogens with two attached hydrogens (primary N) is 1. The van der Waals surface area contributed by atoms with Gasteiger partial charge in [-0.1, -0.05) is 0 Å². The molecular weight excluding hydrogens is 192 g/mol. The Hall–Kier alpha value is -0.610. The summed E-state index contributed by atoms with van der Waals surface area (Å²) in [6, 6.07) is 0.130. The topological polar surface area (TPSA) is 64.3 Å². The van der Waals surface area contributed by atoms with Gasteiger partial charge in [-0.05, 0) is 40.2 Å². The Morgan fingerprint density at radius 3 is 2.60 bits per heavy atom. The van der Waals surface area contributed by atoms with Crippen molar-refractivity contribution in [2.45, 2.75) is 51.7 Å². The van der Waals surface area contributed by atoms with Crippen molar-refractivity contribution in [3.05, 3.63) is 0 Å². The molecule has 0 rings (SSSR count). The van der Waals surface area contributed by atoms with E-state index in [4.69, 9.17) is 10.5 Å². The van der Waals surface area contributed by atoms with Crippen molar-refractivity contribution in [3.8, 4) is 0 Å². The minimum Gasteiger partial charge on any atom is -0.379 e. The summed E-state index contributed by atoms with van der Waals surface area (Å²) in [7, 11) is 1.68. The first-order valence-electron chi connectivity index (χ1n) is 5.46. The molecule has 0 aliphatic carbocycles. The number of hydrogen-bond donors (Lipinski definition) is 2. The maximum absolute atomic E-state index is 11.4. The molecule has 0 aromatic heterocycles. The largest absolute Gasteiger partial charge is 0.379 e. The van der Waals surface area contributed by atoms with Crippen molar-refractivity contribution >= 4 is 5.91 Å². The minimum atomic E-state index is -0.194. The van der Waals surface area contributed by atoms with Crippen molar-refractivity contribution in [1.82, 2.24) is 5.32 Å². The monoisotopic (exact) mass is 216 g/mol. The summed E-state index contributed by atoms with van der Waals surface area (Å²) in [5.41, 5.74) is 5.14. The molecule has 0 saturated heterocycles. The summed E-state index contributed by atoms with van der Waals surface area (Å²) in [6.07, 6.45) is 2.05. The minimum absolute atomic E-state index is 0.0693. The maximum atomic E-state index is 11.4. The van der Waals surface area contributed by atoms with Gasteiger partial charge in [0.2, 0.25) is 5.91 Å². The number of methoxy groups -OCH3 is 1. The van der Waals surface area contributed by atoms with E-state index in [0.717, 1.165) is 12.8 Å². The quantitative estimate of drug-likeness (QED) is 0.668. The van der Waals surface area contributed by atoms with Gasteiger partial charge in [0.15, 0.2) is 0 Å². The summed E-state index contributed by atoms with van der Waals surface area (Å²) < 4.78 is 5.30. The third kappa shape index (κ3) is 7.33. The number of hydrogen-bond acceptors (Lipinski definition) is 3. The second-order valence-electron chi connectivity index (χ2n) is 4.53. The van der Waals surface area contributed by atoms with Gasteiger partial charge in [0, 0.05) is 19.6 Å². The molecule has 0 aromatic rings. The molecule has 0 bridgehead atoms. The highest BCUT2D eigenvalue weighted by atomic mass is 16.5. The molecule has 4 nitrogen and oxygen atoms in total. The van der Waals surface area contributed by atoms with E-state index in [2.05, 4.69) is 5.32 Å². The third-order valence-corrected chi connectivity index (χ3v) is 2.37. The van der Waals surface area contributed by atoms with Crippen LogP contribution in [0.2, 0.25) is 0 Å². The van der Waals surface area contributed by atoms with E-state index in [9.17, 15) is 4.79 Å². The van der Waals surface area contributed by atoms with Crippen LogP contribution in [0.3, 0.4) is 0 Å². The van der Waals surface area contributed by atoms with E-state index in [1.165, 1.54) is 0 Å². The average molecular weight is 216 g/mol. The number of rotatable bonds is 7. The predicted molar refractivity (Wildman–Crippen MR) is 61.6 cm³/mol. The van der Waals surface area contributed by atoms with E-state index in [-0.39, 0.29) is 17.6 Å². The molecule has 0 aliphatic rings. The summed E-state index contributed by atoms with van der Waals surface area (Å²) in [6.45, 7) is 6.57. The molecule has 90 valence electrons. The molecule has 1 atom stereocenters. The standard InChI is InChI=1S/C11H24N2O2/c1-9(8-11(2,3)15-4)13-10(14)6-5-7-12/h9H,5-8,12H2,1-4H3,(H,13,14). The highest BCUT2D eigenvalue weighted by Gasteiger charge is 2.20. The first-order chi connectivity index (χ1) is 6.91. The maximum Gasteiger partial charge on any atom is 0.220 e. The van der Waals surface area contributed by atoms with Crippen LogP contribution in [0.15, 0.2) is 0 Å². The lowest BCUT2D eigenvalue weighted by atomic mass is 10.00. The highest BCUT2D eigenvalue weighted by Crippen LogP contribution is 2.15. The van der Waals surface area contributed by atoms with E-state index in [1.54, 1.807) is 7.11 Å². The molecule has 1 amide bonds. The lowest BCUT2D eigenvalue weighted by molar-refractivity contribution is -0.122. The Morgan fingerprint density at radius 2 is 2.13 bits per heavy atom. The molecule has 0 aliphatic heterocycles. The molecule has 0 aromatic carbocycles.